The SMILES string of the molecule is CN(CC(CCN1CCC(N(CCO)C(=O)OCc2ccc([N+](=O)[O-])cc2)CC1)c1ccccc1)S(=O)(=O)c1ccccc1. The molecule has 0 bridgehead atoms. The van der Waals surface area contributed by atoms with Crippen molar-refractivity contribution >= 4 is 21.8 Å². The highest BCUT2D eigenvalue weighted by Gasteiger charge is 2.30. The lowest BCUT2D eigenvalue weighted by Crippen LogP contribution is -2.48. The number of benzene rings is 3. The van der Waals surface area contributed by atoms with E-state index in [9.17, 15) is 28.4 Å². The molecule has 236 valence electrons. The number of aliphatic hydroxyl groups excluding tert-OH is 1. The number of nitrogens with zero attached hydrogens (tertiary/aromatic N) is 4. The first-order valence-corrected chi connectivity index (χ1v) is 16.2. The highest BCUT2D eigenvalue weighted by Crippen LogP contribution is 2.26. The molecule has 1 saturated heterocycles. The van der Waals surface area contributed by atoms with E-state index in [1.807, 2.05) is 30.3 Å². The van der Waals surface area contributed by atoms with Crippen LogP contribution in [-0.4, -0.2) is 91.1 Å². The van der Waals surface area contributed by atoms with E-state index >= 15 is 0 Å². The number of hydrogen-bond acceptors (Lipinski definition) is 8. The van der Waals surface area contributed by atoms with Crippen molar-refractivity contribution in [3.8, 4) is 0 Å². The second-order valence-corrected chi connectivity index (χ2v) is 13.0. The molecule has 1 fully saturated rings. The highest BCUT2D eigenvalue weighted by molar-refractivity contribution is 7.89. The molecular weight excluding hydrogens is 584 g/mol. The maximum Gasteiger partial charge on any atom is 0.410 e. The number of aliphatic hydroxyl groups is 1. The predicted octanol–water partition coefficient (Wildman–Crippen LogP) is 4.48. The van der Waals surface area contributed by atoms with Gasteiger partial charge in [0.05, 0.1) is 16.4 Å². The van der Waals surface area contributed by atoms with Crippen molar-refractivity contribution in [2.45, 2.75) is 42.7 Å². The molecule has 0 radical (unpaired) electrons. The monoisotopic (exact) mass is 624 g/mol. The maximum absolute atomic E-state index is 13.2. The fourth-order valence-electron chi connectivity index (χ4n) is 5.54. The molecule has 3 aromatic carbocycles. The maximum atomic E-state index is 13.2. The summed E-state index contributed by atoms with van der Waals surface area (Å²) in [5.41, 5.74) is 1.69. The van der Waals surface area contributed by atoms with Crippen molar-refractivity contribution in [1.82, 2.24) is 14.1 Å². The van der Waals surface area contributed by atoms with Crippen molar-refractivity contribution in [3.05, 3.63) is 106 Å². The van der Waals surface area contributed by atoms with Crippen LogP contribution < -0.4 is 0 Å². The van der Waals surface area contributed by atoms with Crippen LogP contribution in [0.4, 0.5) is 10.5 Å². The standard InChI is InChI=1S/C32H40N4O7S/c1-33(44(41,42)31-10-6-3-7-11-31)24-28(27-8-4-2-5-9-27)16-19-34-20-17-29(18-21-34)35(22-23-37)32(38)43-25-26-12-14-30(15-13-26)36(39)40/h2-15,28-29,37H,16-25H2,1H3. The van der Waals surface area contributed by atoms with Crippen LogP contribution >= 0.6 is 0 Å². The predicted molar refractivity (Wildman–Crippen MR) is 167 cm³/mol. The van der Waals surface area contributed by atoms with Gasteiger partial charge in [-0.3, -0.25) is 10.1 Å². The molecule has 1 heterocycles. The molecule has 12 heteroatoms. The summed E-state index contributed by atoms with van der Waals surface area (Å²) in [6.45, 7) is 2.57. The van der Waals surface area contributed by atoms with E-state index in [-0.39, 0.29) is 42.3 Å². The lowest BCUT2D eigenvalue weighted by Gasteiger charge is -2.38. The average molecular weight is 625 g/mol. The van der Waals surface area contributed by atoms with Crippen LogP contribution in [0.3, 0.4) is 0 Å². The number of likely N-dealkylation sites (N-methyl/N-ethyl adjacent to an activating group) is 1. The van der Waals surface area contributed by atoms with Gasteiger partial charge in [0.15, 0.2) is 0 Å². The first-order chi connectivity index (χ1) is 21.2. The summed E-state index contributed by atoms with van der Waals surface area (Å²) in [6, 6.07) is 24.2. The molecule has 1 aliphatic heterocycles. The van der Waals surface area contributed by atoms with Gasteiger partial charge in [-0.05, 0) is 67.1 Å². The largest absolute Gasteiger partial charge is 0.445 e. The summed E-state index contributed by atoms with van der Waals surface area (Å²) >= 11 is 0. The number of non-ortho nitro benzene ring substituents is 1. The van der Waals surface area contributed by atoms with Gasteiger partial charge >= 0.3 is 6.09 Å². The minimum atomic E-state index is -3.62. The van der Waals surface area contributed by atoms with Crippen LogP contribution in [0.1, 0.15) is 36.3 Å². The van der Waals surface area contributed by atoms with Crippen LogP contribution in [0.5, 0.6) is 0 Å². The Labute approximate surface area is 258 Å². The summed E-state index contributed by atoms with van der Waals surface area (Å²) in [5, 5.41) is 20.5. The molecule has 0 aromatic heterocycles. The van der Waals surface area contributed by atoms with Crippen LogP contribution in [0.2, 0.25) is 0 Å². The number of nitro groups is 1. The van der Waals surface area contributed by atoms with Crippen LogP contribution in [0, 0.1) is 10.1 Å². The first kappa shape index (κ1) is 33.1. The second-order valence-electron chi connectivity index (χ2n) is 11.0. The smallest absolute Gasteiger partial charge is 0.410 e. The van der Waals surface area contributed by atoms with Gasteiger partial charge in [-0.1, -0.05) is 48.5 Å². The zero-order chi connectivity index (χ0) is 31.5. The summed E-state index contributed by atoms with van der Waals surface area (Å²) in [4.78, 5) is 27.5. The molecular formula is C32H40N4O7S. The zero-order valence-corrected chi connectivity index (χ0v) is 25.7. The molecule has 1 unspecified atom stereocenters. The van der Waals surface area contributed by atoms with E-state index in [0.717, 1.165) is 31.6 Å². The number of carbonyl (C=O) groups is 1. The zero-order valence-electron chi connectivity index (χ0n) is 24.9. The number of ether oxygens (including phenoxy) is 1. The number of sulfonamides is 1. The van der Waals surface area contributed by atoms with E-state index < -0.39 is 21.0 Å². The molecule has 1 amide bonds. The first-order valence-electron chi connectivity index (χ1n) is 14.8. The molecule has 1 atom stereocenters. The lowest BCUT2D eigenvalue weighted by molar-refractivity contribution is -0.384. The number of carbonyl (C=O) groups excluding carboxylic acids is 1. The van der Waals surface area contributed by atoms with E-state index in [4.69, 9.17) is 4.74 Å². The molecule has 44 heavy (non-hydrogen) atoms. The van der Waals surface area contributed by atoms with E-state index in [0.29, 0.717) is 24.9 Å². The van der Waals surface area contributed by atoms with Gasteiger partial charge < -0.3 is 19.6 Å². The highest BCUT2D eigenvalue weighted by atomic mass is 32.2. The number of likely N-dealkylation sites (tertiary alicyclic amines) is 1. The number of amides is 1. The fraction of sp³-hybridized carbons (Fsp3) is 0.406. The Balaban J connectivity index is 1.32. The van der Waals surface area contributed by atoms with Crippen molar-refractivity contribution in [2.75, 3.05) is 46.4 Å². The molecule has 1 aliphatic rings. The van der Waals surface area contributed by atoms with E-state index in [2.05, 4.69) is 4.90 Å². The molecule has 3 aromatic rings. The van der Waals surface area contributed by atoms with Gasteiger partial charge in [-0.25, -0.2) is 17.5 Å². The molecule has 1 N–H and O–H groups in total. The Morgan fingerprint density at radius 3 is 2.23 bits per heavy atom. The third kappa shape index (κ3) is 8.85. The van der Waals surface area contributed by atoms with Crippen molar-refractivity contribution < 1.29 is 28.0 Å². The van der Waals surface area contributed by atoms with Gasteiger partial charge in [-0.2, -0.15) is 0 Å². The number of hydrogen-bond donors (Lipinski definition) is 1. The Bertz CT molecular complexity index is 1450. The van der Waals surface area contributed by atoms with Gasteiger partial charge in [0.25, 0.3) is 5.69 Å². The van der Waals surface area contributed by atoms with Crippen molar-refractivity contribution in [1.29, 1.82) is 0 Å². The summed E-state index contributed by atoms with van der Waals surface area (Å²) in [7, 11) is -2.00. The van der Waals surface area contributed by atoms with Crippen LogP contribution in [0.25, 0.3) is 0 Å². The third-order valence-corrected chi connectivity index (χ3v) is 9.91. The summed E-state index contributed by atoms with van der Waals surface area (Å²) in [5.74, 6) is -0.00213. The van der Waals surface area contributed by atoms with Crippen molar-refractivity contribution in [3.63, 3.8) is 0 Å². The van der Waals surface area contributed by atoms with Gasteiger partial charge in [-0.15, -0.1) is 0 Å². The van der Waals surface area contributed by atoms with E-state index in [1.165, 1.54) is 16.4 Å². The molecule has 4 rings (SSSR count). The Morgan fingerprint density at radius 2 is 1.64 bits per heavy atom. The van der Waals surface area contributed by atoms with Crippen molar-refractivity contribution in [2.24, 2.45) is 0 Å². The number of piperidine rings is 1. The van der Waals surface area contributed by atoms with E-state index in [1.54, 1.807) is 54.4 Å². The normalized spacial score (nSPS) is 15.2. The summed E-state index contributed by atoms with van der Waals surface area (Å²) in [6.07, 6.45) is 1.67. The quantitative estimate of drug-likeness (QED) is 0.205. The fourth-order valence-corrected chi connectivity index (χ4v) is 6.77. The lowest BCUT2D eigenvalue weighted by atomic mass is 9.94. The topological polar surface area (TPSA) is 134 Å². The molecule has 0 aliphatic carbocycles. The number of rotatable bonds is 14. The van der Waals surface area contributed by atoms with Gasteiger partial charge in [0.1, 0.15) is 6.61 Å². The van der Waals surface area contributed by atoms with Crippen LogP contribution in [-0.2, 0) is 21.4 Å². The minimum Gasteiger partial charge on any atom is -0.445 e. The summed E-state index contributed by atoms with van der Waals surface area (Å²) < 4.78 is 33.3. The van der Waals surface area contributed by atoms with Gasteiger partial charge in [0.2, 0.25) is 10.0 Å². The Kier molecular flexibility index (Phi) is 11.8. The van der Waals surface area contributed by atoms with Crippen LogP contribution in [0.15, 0.2) is 89.8 Å². The minimum absolute atomic E-state index is 0.00213. The third-order valence-electron chi connectivity index (χ3n) is 8.08. The molecule has 11 nitrogen and oxygen atoms in total. The van der Waals surface area contributed by atoms with Gasteiger partial charge in [0, 0.05) is 51.4 Å². The Morgan fingerprint density at radius 1 is 1.02 bits per heavy atom. The number of nitro benzene ring substituents is 1. The molecule has 0 spiro atoms. The Hall–Kier alpha value is -3.84. The second kappa shape index (κ2) is 15.8. The molecule has 0 saturated carbocycles. The average Bonchev–Trinajstić information content (AvgIpc) is 3.05.